The van der Waals surface area contributed by atoms with E-state index in [1.165, 1.54) is 33.8 Å². The predicted octanol–water partition coefficient (Wildman–Crippen LogP) is 7.60. The van der Waals surface area contributed by atoms with Crippen LogP contribution in [-0.4, -0.2) is 19.1 Å². The molecule has 0 saturated heterocycles. The highest BCUT2D eigenvalue weighted by Gasteiger charge is 2.43. The van der Waals surface area contributed by atoms with Gasteiger partial charge in [0.15, 0.2) is 0 Å². The zero-order chi connectivity index (χ0) is 23.1. The monoisotopic (exact) mass is 428 g/mol. The van der Waals surface area contributed by atoms with E-state index >= 15 is 0 Å². The van der Waals surface area contributed by atoms with Crippen LogP contribution in [0.5, 0.6) is 0 Å². The van der Waals surface area contributed by atoms with Gasteiger partial charge >= 0.3 is 0 Å². The van der Waals surface area contributed by atoms with E-state index in [4.69, 9.17) is 0 Å². The van der Waals surface area contributed by atoms with E-state index in [0.717, 1.165) is 25.9 Å². The quantitative estimate of drug-likeness (QED) is 0.467. The van der Waals surface area contributed by atoms with Crippen LogP contribution in [0.2, 0.25) is 0 Å². The topological polar surface area (TPSA) is 6.48 Å². The Morgan fingerprint density at radius 2 is 1.44 bits per heavy atom. The van der Waals surface area contributed by atoms with Crippen molar-refractivity contribution in [2.24, 2.45) is 0 Å². The molecule has 2 heterocycles. The molecule has 0 amide bonds. The van der Waals surface area contributed by atoms with Crippen LogP contribution >= 0.6 is 0 Å². The van der Waals surface area contributed by atoms with E-state index in [0.29, 0.717) is 6.04 Å². The number of allylic oxidation sites excluding steroid dienone is 3. The molecule has 0 aliphatic carbocycles. The lowest BCUT2D eigenvalue weighted by atomic mass is 9.79. The third kappa shape index (κ3) is 3.58. The van der Waals surface area contributed by atoms with Gasteiger partial charge < -0.3 is 9.80 Å². The third-order valence-corrected chi connectivity index (χ3v) is 7.48. The summed E-state index contributed by atoms with van der Waals surface area (Å²) in [7, 11) is 0. The average molecular weight is 429 g/mol. The molecule has 1 atom stereocenters. The first-order valence-electron chi connectivity index (χ1n) is 12.4. The van der Waals surface area contributed by atoms with Crippen molar-refractivity contribution in [3.05, 3.63) is 83.1 Å². The van der Waals surface area contributed by atoms with Crippen LogP contribution in [0.1, 0.15) is 72.4 Å². The molecule has 170 valence electrons. The Hall–Kier alpha value is -2.48. The highest BCUT2D eigenvalue weighted by Crippen LogP contribution is 2.49. The lowest BCUT2D eigenvalue weighted by molar-refractivity contribution is 0.472. The standard InChI is InChI=1S/C30H40N2/c1-8-18-31-25-16-12-10-14-23(25)29(4,5)27(31)20-22(3)21-28-30(6,7)24-15-11-13-17-26(24)32(28)19-9-2/h10-17,20-21,27H,8-9,18-19H2,1-7H3/b22-20+,28-21+. The SMILES string of the molecule is CCCN1/C(=C/C(C)=C/C2N(CCC)c3ccccc3C2(C)C)C(C)(C)c2ccccc21. The predicted molar refractivity (Wildman–Crippen MR) is 140 cm³/mol. The van der Waals surface area contributed by atoms with Crippen molar-refractivity contribution in [3.63, 3.8) is 0 Å². The van der Waals surface area contributed by atoms with Crippen LogP contribution in [0.15, 0.2) is 72.0 Å². The van der Waals surface area contributed by atoms with E-state index in [1.54, 1.807) is 0 Å². The minimum Gasteiger partial charge on any atom is -0.364 e. The van der Waals surface area contributed by atoms with E-state index in [1.807, 2.05) is 0 Å². The number of fused-ring (bicyclic) bond motifs is 2. The summed E-state index contributed by atoms with van der Waals surface area (Å²) in [4.78, 5) is 5.17. The molecule has 2 aliphatic heterocycles. The maximum absolute atomic E-state index is 2.62. The molecule has 2 aromatic rings. The second-order valence-electron chi connectivity index (χ2n) is 10.6. The first-order chi connectivity index (χ1) is 15.2. The number of nitrogens with zero attached hydrogens (tertiary/aromatic N) is 2. The first-order valence-corrected chi connectivity index (χ1v) is 12.4. The van der Waals surface area contributed by atoms with Crippen LogP contribution in [0.4, 0.5) is 11.4 Å². The van der Waals surface area contributed by atoms with Gasteiger partial charge in [-0.05, 0) is 49.1 Å². The molecule has 0 spiro atoms. The lowest BCUT2D eigenvalue weighted by Crippen LogP contribution is -2.40. The van der Waals surface area contributed by atoms with Gasteiger partial charge in [-0.25, -0.2) is 0 Å². The van der Waals surface area contributed by atoms with Gasteiger partial charge in [0.2, 0.25) is 0 Å². The number of hydrogen-bond donors (Lipinski definition) is 0. The van der Waals surface area contributed by atoms with Crippen LogP contribution in [0, 0.1) is 0 Å². The largest absolute Gasteiger partial charge is 0.364 e. The van der Waals surface area contributed by atoms with Crippen LogP contribution in [-0.2, 0) is 10.8 Å². The summed E-state index contributed by atoms with van der Waals surface area (Å²) in [5.74, 6) is 0. The Bertz CT molecular complexity index is 1040. The van der Waals surface area contributed by atoms with Gasteiger partial charge in [0.1, 0.15) is 0 Å². The van der Waals surface area contributed by atoms with Crippen molar-refractivity contribution in [3.8, 4) is 0 Å². The van der Waals surface area contributed by atoms with Gasteiger partial charge in [0, 0.05) is 41.0 Å². The normalized spacial score (nSPS) is 22.4. The fourth-order valence-corrected chi connectivity index (χ4v) is 5.84. The van der Waals surface area contributed by atoms with Crippen LogP contribution in [0.25, 0.3) is 0 Å². The zero-order valence-electron chi connectivity index (χ0n) is 21.1. The molecule has 0 bridgehead atoms. The number of para-hydroxylation sites is 2. The Morgan fingerprint density at radius 3 is 2.09 bits per heavy atom. The summed E-state index contributed by atoms with van der Waals surface area (Å²) in [6.07, 6.45) is 7.27. The van der Waals surface area contributed by atoms with Crippen LogP contribution in [0.3, 0.4) is 0 Å². The summed E-state index contributed by atoms with van der Waals surface area (Å²) >= 11 is 0. The van der Waals surface area contributed by atoms with Crippen LogP contribution < -0.4 is 9.80 Å². The van der Waals surface area contributed by atoms with Gasteiger partial charge in [-0.3, -0.25) is 0 Å². The molecule has 2 heteroatoms. The van der Waals surface area contributed by atoms with Crippen molar-refractivity contribution in [2.75, 3.05) is 22.9 Å². The molecular formula is C30H40N2. The molecule has 0 N–H and O–H groups in total. The minimum absolute atomic E-state index is 0.0120. The number of hydrogen-bond acceptors (Lipinski definition) is 2. The molecule has 2 nitrogen and oxygen atoms in total. The van der Waals surface area contributed by atoms with Crippen molar-refractivity contribution >= 4 is 11.4 Å². The summed E-state index contributed by atoms with van der Waals surface area (Å²) in [5.41, 5.74) is 8.56. The van der Waals surface area contributed by atoms with Crippen molar-refractivity contribution in [1.29, 1.82) is 0 Å². The maximum atomic E-state index is 2.62. The third-order valence-electron chi connectivity index (χ3n) is 7.48. The number of anilines is 2. The second kappa shape index (κ2) is 8.46. The van der Waals surface area contributed by atoms with Crippen molar-refractivity contribution in [1.82, 2.24) is 0 Å². The van der Waals surface area contributed by atoms with E-state index in [9.17, 15) is 0 Å². The Morgan fingerprint density at radius 1 is 0.844 bits per heavy atom. The molecule has 0 saturated carbocycles. The fraction of sp³-hybridized carbons (Fsp3) is 0.467. The molecule has 0 fully saturated rings. The average Bonchev–Trinajstić information content (AvgIpc) is 3.10. The highest BCUT2D eigenvalue weighted by molar-refractivity contribution is 5.71. The second-order valence-corrected chi connectivity index (χ2v) is 10.6. The Kier molecular flexibility index (Phi) is 6.00. The van der Waals surface area contributed by atoms with Gasteiger partial charge in [-0.1, -0.05) is 89.6 Å². The molecule has 2 aromatic carbocycles. The van der Waals surface area contributed by atoms with E-state index in [-0.39, 0.29) is 10.8 Å². The summed E-state index contributed by atoms with van der Waals surface area (Å²) in [6, 6.07) is 18.3. The summed E-state index contributed by atoms with van der Waals surface area (Å²) < 4.78 is 0. The smallest absolute Gasteiger partial charge is 0.0570 e. The van der Waals surface area contributed by atoms with Crippen molar-refractivity contribution < 1.29 is 0 Å². The summed E-state index contributed by atoms with van der Waals surface area (Å²) in [6.45, 7) is 18.5. The Labute approximate surface area is 195 Å². The molecule has 0 aromatic heterocycles. The fourth-order valence-electron chi connectivity index (χ4n) is 5.84. The van der Waals surface area contributed by atoms with Crippen molar-refractivity contribution in [2.45, 2.75) is 78.2 Å². The maximum Gasteiger partial charge on any atom is 0.0570 e. The number of rotatable bonds is 6. The van der Waals surface area contributed by atoms with Gasteiger partial charge in [0.05, 0.1) is 6.04 Å². The number of benzene rings is 2. The molecular weight excluding hydrogens is 388 g/mol. The molecule has 0 radical (unpaired) electrons. The molecule has 32 heavy (non-hydrogen) atoms. The minimum atomic E-state index is 0.0120. The molecule has 4 rings (SSSR count). The van der Waals surface area contributed by atoms with E-state index < -0.39 is 0 Å². The highest BCUT2D eigenvalue weighted by atomic mass is 15.2. The first kappa shape index (κ1) is 22.7. The zero-order valence-corrected chi connectivity index (χ0v) is 21.1. The lowest BCUT2D eigenvalue weighted by Gasteiger charge is -2.33. The molecule has 2 aliphatic rings. The van der Waals surface area contributed by atoms with Gasteiger partial charge in [-0.15, -0.1) is 0 Å². The summed E-state index contributed by atoms with van der Waals surface area (Å²) in [5, 5.41) is 0. The van der Waals surface area contributed by atoms with E-state index in [2.05, 4.69) is 119 Å². The Balaban J connectivity index is 1.75. The molecule has 1 unspecified atom stereocenters. The van der Waals surface area contributed by atoms with Gasteiger partial charge in [0.25, 0.3) is 0 Å². The van der Waals surface area contributed by atoms with Gasteiger partial charge in [-0.2, -0.15) is 0 Å².